The van der Waals surface area contributed by atoms with Gasteiger partial charge >= 0.3 is 0 Å². The van der Waals surface area contributed by atoms with Crippen LogP contribution in [0.15, 0.2) is 18.3 Å². The Bertz CT molecular complexity index is 381. The van der Waals surface area contributed by atoms with Crippen LogP contribution in [0.3, 0.4) is 0 Å². The molecule has 0 saturated carbocycles. The van der Waals surface area contributed by atoms with Gasteiger partial charge < -0.3 is 10.6 Å². The molecule has 0 aliphatic carbocycles. The van der Waals surface area contributed by atoms with Crippen LogP contribution in [-0.4, -0.2) is 23.5 Å². The zero-order valence-electron chi connectivity index (χ0n) is 10.3. The number of aryl methyl sites for hydroxylation is 1. The fourth-order valence-corrected chi connectivity index (χ4v) is 1.89. The highest BCUT2D eigenvalue weighted by atomic mass is 35.5. The Morgan fingerprint density at radius 2 is 2.22 bits per heavy atom. The summed E-state index contributed by atoms with van der Waals surface area (Å²) in [5, 5.41) is 6.05. The molecule has 4 nitrogen and oxygen atoms in total. The Morgan fingerprint density at radius 1 is 1.44 bits per heavy atom. The van der Waals surface area contributed by atoms with E-state index in [1.54, 1.807) is 6.20 Å². The molecule has 1 aliphatic heterocycles. The van der Waals surface area contributed by atoms with E-state index in [0.717, 1.165) is 31.4 Å². The smallest absolute Gasteiger partial charge is 0.242 e. The molecule has 1 aliphatic rings. The fraction of sp³-hybridized carbons (Fsp3) is 0.500. The van der Waals surface area contributed by atoms with E-state index in [1.165, 1.54) is 0 Å². The molecule has 1 amide bonds. The Labute approximate surface area is 120 Å². The summed E-state index contributed by atoms with van der Waals surface area (Å²) in [6.07, 6.45) is 4.90. The molecule has 102 valence electrons. The first-order valence-corrected chi connectivity index (χ1v) is 5.72. The summed E-state index contributed by atoms with van der Waals surface area (Å²) in [6, 6.07) is 3.73. The minimum Gasteiger partial charge on any atom is -0.309 e. The average Bonchev–Trinajstić information content (AvgIpc) is 2.30. The summed E-state index contributed by atoms with van der Waals surface area (Å²) in [7, 11) is 0. The lowest BCUT2D eigenvalue weighted by molar-refractivity contribution is -0.118. The van der Waals surface area contributed by atoms with Crippen molar-refractivity contribution in [2.45, 2.75) is 32.2 Å². The van der Waals surface area contributed by atoms with Gasteiger partial charge in [0, 0.05) is 6.20 Å². The lowest BCUT2D eigenvalue weighted by Crippen LogP contribution is -2.43. The predicted molar refractivity (Wildman–Crippen MR) is 77.7 cm³/mol. The number of halogens is 2. The van der Waals surface area contributed by atoms with E-state index in [9.17, 15) is 4.79 Å². The van der Waals surface area contributed by atoms with Gasteiger partial charge in [-0.2, -0.15) is 0 Å². The summed E-state index contributed by atoms with van der Waals surface area (Å²) in [6.45, 7) is 2.91. The maximum absolute atomic E-state index is 11.9. The van der Waals surface area contributed by atoms with Gasteiger partial charge in [0.2, 0.25) is 5.91 Å². The second-order valence-corrected chi connectivity index (χ2v) is 4.21. The number of piperidine rings is 1. The zero-order chi connectivity index (χ0) is 11.4. The van der Waals surface area contributed by atoms with E-state index in [2.05, 4.69) is 15.6 Å². The van der Waals surface area contributed by atoms with E-state index in [0.29, 0.717) is 5.82 Å². The van der Waals surface area contributed by atoms with Crippen LogP contribution < -0.4 is 10.6 Å². The van der Waals surface area contributed by atoms with Crippen molar-refractivity contribution in [1.82, 2.24) is 10.3 Å². The highest BCUT2D eigenvalue weighted by molar-refractivity contribution is 5.94. The number of carbonyl (C=O) groups excluding carboxylic acids is 1. The van der Waals surface area contributed by atoms with Crippen LogP contribution in [0.1, 0.15) is 24.8 Å². The molecule has 2 heterocycles. The number of hydrogen-bond donors (Lipinski definition) is 2. The third kappa shape index (κ3) is 4.80. The molecule has 1 aromatic heterocycles. The second-order valence-electron chi connectivity index (χ2n) is 4.21. The minimum atomic E-state index is -0.0592. The fourth-order valence-electron chi connectivity index (χ4n) is 1.89. The van der Waals surface area contributed by atoms with Crippen molar-refractivity contribution < 1.29 is 4.79 Å². The van der Waals surface area contributed by atoms with Crippen LogP contribution in [-0.2, 0) is 4.79 Å². The molecule has 0 radical (unpaired) electrons. The maximum atomic E-state index is 11.9. The SMILES string of the molecule is Cc1ccnc(NC(=O)[C@H]2CCCCN2)c1.Cl.Cl. The third-order valence-corrected chi connectivity index (χ3v) is 2.79. The molecule has 1 aromatic rings. The Hall–Kier alpha value is -0.840. The van der Waals surface area contributed by atoms with Crippen molar-refractivity contribution in [2.75, 3.05) is 11.9 Å². The van der Waals surface area contributed by atoms with Crippen LogP contribution in [0.4, 0.5) is 5.82 Å². The van der Waals surface area contributed by atoms with Crippen LogP contribution in [0.2, 0.25) is 0 Å². The minimum absolute atomic E-state index is 0. The average molecular weight is 292 g/mol. The van der Waals surface area contributed by atoms with Gasteiger partial charge in [-0.25, -0.2) is 4.98 Å². The Balaban J connectivity index is 0.00000144. The zero-order valence-corrected chi connectivity index (χ0v) is 11.9. The highest BCUT2D eigenvalue weighted by Gasteiger charge is 2.20. The number of rotatable bonds is 2. The summed E-state index contributed by atoms with van der Waals surface area (Å²) in [5.74, 6) is 0.662. The molecule has 2 N–H and O–H groups in total. The number of carbonyl (C=O) groups is 1. The summed E-state index contributed by atoms with van der Waals surface area (Å²) in [4.78, 5) is 16.0. The van der Waals surface area contributed by atoms with Crippen LogP contribution >= 0.6 is 24.8 Å². The first kappa shape index (κ1) is 17.2. The molecule has 2 rings (SSSR count). The van der Waals surface area contributed by atoms with E-state index in [-0.39, 0.29) is 36.8 Å². The largest absolute Gasteiger partial charge is 0.309 e. The Kier molecular flexibility index (Phi) is 7.91. The van der Waals surface area contributed by atoms with Gasteiger partial charge in [0.25, 0.3) is 0 Å². The van der Waals surface area contributed by atoms with Gasteiger partial charge in [-0.05, 0) is 44.0 Å². The third-order valence-electron chi connectivity index (χ3n) is 2.79. The molecule has 1 saturated heterocycles. The van der Waals surface area contributed by atoms with Gasteiger partial charge in [0.05, 0.1) is 6.04 Å². The molecule has 18 heavy (non-hydrogen) atoms. The lowest BCUT2D eigenvalue weighted by atomic mass is 10.0. The standard InChI is InChI=1S/C12H17N3O.2ClH/c1-9-5-7-14-11(8-9)15-12(16)10-4-2-3-6-13-10;;/h5,7-8,10,13H,2-4,6H2,1H3,(H,14,15,16);2*1H/t10-;;/m1../s1. The molecular weight excluding hydrogens is 273 g/mol. The lowest BCUT2D eigenvalue weighted by Gasteiger charge is -2.22. The molecule has 6 heteroatoms. The number of nitrogens with one attached hydrogen (secondary N) is 2. The Morgan fingerprint density at radius 3 is 2.83 bits per heavy atom. The van der Waals surface area contributed by atoms with Gasteiger partial charge in [-0.15, -0.1) is 24.8 Å². The molecule has 0 spiro atoms. The molecule has 1 fully saturated rings. The van der Waals surface area contributed by atoms with Crippen molar-refractivity contribution in [3.8, 4) is 0 Å². The van der Waals surface area contributed by atoms with Crippen molar-refractivity contribution in [1.29, 1.82) is 0 Å². The number of anilines is 1. The first-order chi connectivity index (χ1) is 7.75. The second kappa shape index (κ2) is 8.29. The van der Waals surface area contributed by atoms with E-state index >= 15 is 0 Å². The summed E-state index contributed by atoms with van der Waals surface area (Å²) in [5.41, 5.74) is 1.10. The normalized spacial score (nSPS) is 18.2. The van der Waals surface area contributed by atoms with E-state index < -0.39 is 0 Å². The van der Waals surface area contributed by atoms with E-state index in [4.69, 9.17) is 0 Å². The van der Waals surface area contributed by atoms with Gasteiger partial charge in [0.15, 0.2) is 0 Å². The predicted octanol–water partition coefficient (Wildman–Crippen LogP) is 2.31. The molecular formula is C12H19Cl2N3O. The summed E-state index contributed by atoms with van der Waals surface area (Å²) < 4.78 is 0. The van der Waals surface area contributed by atoms with Crippen LogP contribution in [0.5, 0.6) is 0 Å². The quantitative estimate of drug-likeness (QED) is 0.879. The first-order valence-electron chi connectivity index (χ1n) is 5.72. The number of nitrogens with zero attached hydrogens (tertiary/aromatic N) is 1. The van der Waals surface area contributed by atoms with Crippen molar-refractivity contribution in [3.05, 3.63) is 23.9 Å². The molecule has 0 bridgehead atoms. The maximum Gasteiger partial charge on any atom is 0.242 e. The van der Waals surface area contributed by atoms with Crippen LogP contribution in [0.25, 0.3) is 0 Å². The number of aromatic nitrogens is 1. The van der Waals surface area contributed by atoms with Gasteiger partial charge in [-0.3, -0.25) is 4.79 Å². The number of amides is 1. The molecule has 0 unspecified atom stereocenters. The van der Waals surface area contributed by atoms with Gasteiger partial charge in [0.1, 0.15) is 5.82 Å². The monoisotopic (exact) mass is 291 g/mol. The summed E-state index contributed by atoms with van der Waals surface area (Å²) >= 11 is 0. The van der Waals surface area contributed by atoms with Crippen molar-refractivity contribution in [2.24, 2.45) is 0 Å². The van der Waals surface area contributed by atoms with Crippen molar-refractivity contribution in [3.63, 3.8) is 0 Å². The number of hydrogen-bond acceptors (Lipinski definition) is 3. The van der Waals surface area contributed by atoms with Crippen LogP contribution in [0, 0.1) is 6.92 Å². The molecule has 0 aromatic carbocycles. The molecule has 1 atom stereocenters. The highest BCUT2D eigenvalue weighted by Crippen LogP contribution is 2.10. The van der Waals surface area contributed by atoms with Gasteiger partial charge in [-0.1, -0.05) is 6.42 Å². The topological polar surface area (TPSA) is 54.0 Å². The van der Waals surface area contributed by atoms with Crippen molar-refractivity contribution >= 4 is 36.5 Å². The van der Waals surface area contributed by atoms with E-state index in [1.807, 2.05) is 19.1 Å². The number of pyridine rings is 1.